The highest BCUT2D eigenvalue weighted by atomic mass is 16.4. The van der Waals surface area contributed by atoms with Gasteiger partial charge in [-0.25, -0.2) is 0 Å². The second kappa shape index (κ2) is 8.52. The average Bonchev–Trinajstić information content (AvgIpc) is 3.04. The Kier molecular flexibility index (Phi) is 6.45. The summed E-state index contributed by atoms with van der Waals surface area (Å²) in [6, 6.07) is 0. The van der Waals surface area contributed by atoms with E-state index in [1.165, 1.54) is 37.7 Å². The van der Waals surface area contributed by atoms with Crippen molar-refractivity contribution in [2.75, 3.05) is 0 Å². The zero-order chi connectivity index (χ0) is 24.2. The number of hydrogen-bond donors (Lipinski definition) is 2. The van der Waals surface area contributed by atoms with Crippen LogP contribution in [0.4, 0.5) is 0 Å². The molecule has 0 saturated heterocycles. The Morgan fingerprint density at radius 3 is 2.55 bits per heavy atom. The van der Waals surface area contributed by atoms with E-state index >= 15 is 0 Å². The summed E-state index contributed by atoms with van der Waals surface area (Å²) >= 11 is 0. The average molecular weight is 458 g/mol. The summed E-state index contributed by atoms with van der Waals surface area (Å²) in [5, 5.41) is 32.2. The highest BCUT2D eigenvalue weighted by Crippen LogP contribution is 2.66. The number of carboxylic acid groups (broad SMARTS) is 1. The van der Waals surface area contributed by atoms with Crippen molar-refractivity contribution in [3.63, 3.8) is 0 Å². The van der Waals surface area contributed by atoms with Gasteiger partial charge in [0.1, 0.15) is 0 Å². The van der Waals surface area contributed by atoms with Gasteiger partial charge in [0.25, 0.3) is 0 Å². The molecule has 0 spiro atoms. The molecular formula is C29H45O4-. The van der Waals surface area contributed by atoms with Crippen molar-refractivity contribution in [2.24, 2.45) is 34.5 Å². The Labute approximate surface area is 200 Å². The van der Waals surface area contributed by atoms with E-state index in [1.807, 2.05) is 13.8 Å². The smallest absolute Gasteiger partial charge is 0.0737 e. The van der Waals surface area contributed by atoms with Crippen LogP contribution in [0.15, 0.2) is 23.3 Å². The second-order valence-corrected chi connectivity index (χ2v) is 13.2. The molecule has 2 N–H and O–H groups in total. The molecule has 0 aromatic rings. The van der Waals surface area contributed by atoms with E-state index in [1.54, 1.807) is 5.57 Å². The lowest BCUT2D eigenvalue weighted by atomic mass is 9.49. The molecule has 0 amide bonds. The van der Waals surface area contributed by atoms with Crippen LogP contribution >= 0.6 is 0 Å². The number of fused-ring (bicyclic) bond motifs is 5. The molecule has 0 aromatic carbocycles. The number of allylic oxidation sites excluding steroid dienone is 3. The molecular weight excluding hydrogens is 412 g/mol. The summed E-state index contributed by atoms with van der Waals surface area (Å²) in [4.78, 5) is 11.2. The Morgan fingerprint density at radius 1 is 1.15 bits per heavy atom. The highest BCUT2D eigenvalue weighted by Gasteiger charge is 2.57. The van der Waals surface area contributed by atoms with Crippen molar-refractivity contribution >= 4 is 5.97 Å². The molecule has 4 aliphatic rings. The van der Waals surface area contributed by atoms with Crippen LogP contribution in [-0.2, 0) is 4.79 Å². The van der Waals surface area contributed by atoms with E-state index in [4.69, 9.17) is 0 Å². The maximum Gasteiger partial charge on any atom is 0.0737 e. The first-order valence-corrected chi connectivity index (χ1v) is 13.3. The Morgan fingerprint density at radius 2 is 1.88 bits per heavy atom. The SMILES string of the molecule is C[C@H](CCCC(C)(C)O)[C@H]1CC[C@H]2C3=CC=C4C[C@](O)(CC(=O)[O-])CC[C@]4(C)[C@H]3CC[C@]12C. The largest absolute Gasteiger partial charge is 0.550 e. The molecule has 4 aliphatic carbocycles. The van der Waals surface area contributed by atoms with E-state index in [0.29, 0.717) is 36.0 Å². The number of aliphatic hydroxyl groups is 2. The van der Waals surface area contributed by atoms with Crippen LogP contribution in [0.2, 0.25) is 0 Å². The van der Waals surface area contributed by atoms with E-state index in [2.05, 4.69) is 32.9 Å². The number of carbonyl (C=O) groups excluding carboxylic acids is 1. The van der Waals surface area contributed by atoms with Gasteiger partial charge in [0.05, 0.1) is 11.2 Å². The maximum absolute atomic E-state index is 11.2. The zero-order valence-electron chi connectivity index (χ0n) is 21.5. The van der Waals surface area contributed by atoms with Crippen molar-refractivity contribution in [2.45, 2.75) is 116 Å². The fourth-order valence-corrected chi connectivity index (χ4v) is 8.51. The van der Waals surface area contributed by atoms with Gasteiger partial charge in [-0.05, 0) is 99.7 Å². The van der Waals surface area contributed by atoms with Crippen LogP contribution in [0.5, 0.6) is 0 Å². The van der Waals surface area contributed by atoms with Gasteiger partial charge in [-0.2, -0.15) is 0 Å². The van der Waals surface area contributed by atoms with Crippen molar-refractivity contribution in [3.05, 3.63) is 23.3 Å². The summed E-state index contributed by atoms with van der Waals surface area (Å²) in [6.07, 6.45) is 14.3. The molecule has 0 aromatic heterocycles. The van der Waals surface area contributed by atoms with Gasteiger partial charge >= 0.3 is 0 Å². The standard InChI is InChI=1S/C29H46O4/c1-19(7-6-13-26(2,3)32)22-10-11-23-21-9-8-20-17-29(33,18-25(30)31)16-15-27(20,4)24(21)12-14-28(22,23)5/h8-9,19,22-24,32-33H,6-7,10-18H2,1-5H3,(H,30,31)/p-1/t19-,22-,23+,24+,27+,28-,29+/m1/s1. The Balaban J connectivity index is 1.52. The maximum atomic E-state index is 11.2. The minimum absolute atomic E-state index is 0.0417. The third-order valence-electron chi connectivity index (χ3n) is 10.4. The zero-order valence-corrected chi connectivity index (χ0v) is 21.5. The second-order valence-electron chi connectivity index (χ2n) is 13.2. The lowest BCUT2D eigenvalue weighted by molar-refractivity contribution is -0.309. The van der Waals surface area contributed by atoms with Crippen LogP contribution in [0, 0.1) is 34.5 Å². The lowest BCUT2D eigenvalue weighted by Crippen LogP contribution is -2.50. The Hall–Kier alpha value is -1.13. The predicted octanol–water partition coefficient (Wildman–Crippen LogP) is 4.93. The molecule has 4 rings (SSSR count). The fraction of sp³-hybridized carbons (Fsp3) is 0.828. The third kappa shape index (κ3) is 4.59. The molecule has 186 valence electrons. The lowest BCUT2D eigenvalue weighted by Gasteiger charge is -2.56. The first-order chi connectivity index (χ1) is 15.3. The van der Waals surface area contributed by atoms with Crippen molar-refractivity contribution in [3.8, 4) is 0 Å². The summed E-state index contributed by atoms with van der Waals surface area (Å²) in [7, 11) is 0. The first kappa shape index (κ1) is 25.0. The summed E-state index contributed by atoms with van der Waals surface area (Å²) in [5.41, 5.74) is 1.54. The molecule has 33 heavy (non-hydrogen) atoms. The van der Waals surface area contributed by atoms with Crippen LogP contribution < -0.4 is 5.11 Å². The van der Waals surface area contributed by atoms with Gasteiger partial charge in [-0.15, -0.1) is 0 Å². The van der Waals surface area contributed by atoms with E-state index in [0.717, 1.165) is 25.2 Å². The van der Waals surface area contributed by atoms with Crippen molar-refractivity contribution in [1.82, 2.24) is 0 Å². The van der Waals surface area contributed by atoms with Gasteiger partial charge in [-0.3, -0.25) is 0 Å². The van der Waals surface area contributed by atoms with Gasteiger partial charge in [-0.1, -0.05) is 56.9 Å². The molecule has 3 saturated carbocycles. The molecule has 4 heteroatoms. The van der Waals surface area contributed by atoms with E-state index < -0.39 is 17.2 Å². The Bertz CT molecular complexity index is 835. The van der Waals surface area contributed by atoms with Gasteiger partial charge < -0.3 is 20.1 Å². The molecule has 0 bridgehead atoms. The summed E-state index contributed by atoms with van der Waals surface area (Å²) in [5.74, 6) is 1.42. The number of aliphatic carboxylic acids is 1. The van der Waals surface area contributed by atoms with E-state index in [-0.39, 0.29) is 11.8 Å². The molecule has 0 heterocycles. The number of carboxylic acids is 1. The van der Waals surface area contributed by atoms with Crippen LogP contribution in [0.25, 0.3) is 0 Å². The van der Waals surface area contributed by atoms with Crippen molar-refractivity contribution < 1.29 is 20.1 Å². The predicted molar refractivity (Wildman–Crippen MR) is 129 cm³/mol. The molecule has 0 radical (unpaired) electrons. The molecule has 0 unspecified atom stereocenters. The molecule has 0 aliphatic heterocycles. The number of rotatable bonds is 7. The fourth-order valence-electron chi connectivity index (χ4n) is 8.51. The minimum Gasteiger partial charge on any atom is -0.550 e. The molecule has 4 nitrogen and oxygen atoms in total. The molecule has 3 fully saturated rings. The number of carbonyl (C=O) groups is 1. The minimum atomic E-state index is -1.16. The summed E-state index contributed by atoms with van der Waals surface area (Å²) in [6.45, 7) is 11.2. The van der Waals surface area contributed by atoms with Gasteiger partial charge in [0.2, 0.25) is 0 Å². The first-order valence-electron chi connectivity index (χ1n) is 13.3. The van der Waals surface area contributed by atoms with E-state index in [9.17, 15) is 20.1 Å². The van der Waals surface area contributed by atoms with Crippen molar-refractivity contribution in [1.29, 1.82) is 0 Å². The molecule has 7 atom stereocenters. The number of hydrogen-bond acceptors (Lipinski definition) is 4. The van der Waals surface area contributed by atoms with Gasteiger partial charge in [0.15, 0.2) is 0 Å². The summed E-state index contributed by atoms with van der Waals surface area (Å²) < 4.78 is 0. The van der Waals surface area contributed by atoms with Crippen LogP contribution in [0.1, 0.15) is 105 Å². The quantitative estimate of drug-likeness (QED) is 0.568. The van der Waals surface area contributed by atoms with Crippen LogP contribution in [-0.4, -0.2) is 27.4 Å². The monoisotopic (exact) mass is 457 g/mol. The normalized spacial score (nSPS) is 41.4. The van der Waals surface area contributed by atoms with Crippen LogP contribution in [0.3, 0.4) is 0 Å². The highest BCUT2D eigenvalue weighted by molar-refractivity contribution is 5.66. The topological polar surface area (TPSA) is 80.6 Å². The van der Waals surface area contributed by atoms with Gasteiger partial charge in [0, 0.05) is 12.4 Å². The third-order valence-corrected chi connectivity index (χ3v) is 10.4.